The highest BCUT2D eigenvalue weighted by molar-refractivity contribution is 7.89. The molecule has 1 aliphatic rings. The summed E-state index contributed by atoms with van der Waals surface area (Å²) >= 11 is 0. The van der Waals surface area contributed by atoms with E-state index in [0.29, 0.717) is 12.8 Å². The Morgan fingerprint density at radius 1 is 1.19 bits per heavy atom. The van der Waals surface area contributed by atoms with Crippen molar-refractivity contribution in [2.45, 2.75) is 57.9 Å². The predicted molar refractivity (Wildman–Crippen MR) is 97.8 cm³/mol. The zero-order chi connectivity index (χ0) is 19.7. The van der Waals surface area contributed by atoms with Crippen LogP contribution in [0, 0.1) is 18.3 Å². The fourth-order valence-electron chi connectivity index (χ4n) is 3.34. The van der Waals surface area contributed by atoms with E-state index in [1.165, 1.54) is 19.2 Å². The second-order valence-corrected chi connectivity index (χ2v) is 9.70. The fourth-order valence-corrected chi connectivity index (χ4v) is 4.98. The lowest BCUT2D eigenvalue weighted by molar-refractivity contribution is -0.145. The molecule has 0 radical (unpaired) electrons. The quantitative estimate of drug-likeness (QED) is 0.749. The smallest absolute Gasteiger partial charge is 0.307 e. The monoisotopic (exact) mass is 381 g/mol. The largest absolute Gasteiger partial charge is 0.469 e. The van der Waals surface area contributed by atoms with Gasteiger partial charge in [0.15, 0.2) is 0 Å². The second-order valence-electron chi connectivity index (χ2n) is 7.88. The van der Waals surface area contributed by atoms with Crippen LogP contribution in [0.1, 0.15) is 45.6 Å². The summed E-state index contributed by atoms with van der Waals surface area (Å²) in [6.45, 7) is 7.63. The van der Waals surface area contributed by atoms with E-state index in [-0.39, 0.29) is 16.7 Å². The maximum Gasteiger partial charge on any atom is 0.307 e. The highest BCUT2D eigenvalue weighted by atomic mass is 32.2. The van der Waals surface area contributed by atoms with Crippen LogP contribution < -0.4 is 0 Å². The Hall–Kier alpha value is -1.89. The Kier molecular flexibility index (Phi) is 5.80. The van der Waals surface area contributed by atoms with Gasteiger partial charge in [0.1, 0.15) is 0 Å². The molecule has 1 aromatic carbocycles. The average Bonchev–Trinajstić information content (AvgIpc) is 2.53. The Balaban J connectivity index is 2.48. The van der Waals surface area contributed by atoms with Crippen molar-refractivity contribution in [3.8, 4) is 0 Å². The van der Waals surface area contributed by atoms with Crippen molar-refractivity contribution >= 4 is 21.9 Å². The molecule has 1 amide bonds. The Bertz CT molecular complexity index is 777. The highest BCUT2D eigenvalue weighted by Gasteiger charge is 2.47. The van der Waals surface area contributed by atoms with Gasteiger partial charge in [0.05, 0.1) is 24.5 Å². The fraction of sp³-hybridized carbons (Fsp3) is 0.579. The number of nitrogens with zero attached hydrogens (tertiary/aromatic N) is 1. The van der Waals surface area contributed by atoms with Crippen molar-refractivity contribution < 1.29 is 22.7 Å². The standard InChI is InChI=1S/C19H27NO5S/c1-13-6-9-15(10-7-13)26(23,24)20-14(12-17(21)25-5)8-11-16(18(20)22)19(2,3)4/h6-7,9-10,14,16H,8,11-12H2,1-5H3. The van der Waals surface area contributed by atoms with Crippen LogP contribution in [0.4, 0.5) is 0 Å². The summed E-state index contributed by atoms with van der Waals surface area (Å²) in [6.07, 6.45) is 0.849. The molecule has 0 saturated carbocycles. The minimum Gasteiger partial charge on any atom is -0.469 e. The van der Waals surface area contributed by atoms with Crippen LogP contribution in [0.15, 0.2) is 29.2 Å². The van der Waals surface area contributed by atoms with Crippen LogP contribution >= 0.6 is 0 Å². The van der Waals surface area contributed by atoms with Gasteiger partial charge in [-0.1, -0.05) is 38.5 Å². The molecule has 0 N–H and O–H groups in total. The number of rotatable bonds is 4. The van der Waals surface area contributed by atoms with Crippen LogP contribution in [-0.4, -0.2) is 37.8 Å². The van der Waals surface area contributed by atoms with Crippen LogP contribution in [0.2, 0.25) is 0 Å². The number of carbonyl (C=O) groups excluding carboxylic acids is 2. The molecule has 2 rings (SSSR count). The number of benzene rings is 1. The van der Waals surface area contributed by atoms with Crippen molar-refractivity contribution in [1.29, 1.82) is 0 Å². The number of aryl methyl sites for hydroxylation is 1. The third-order valence-electron chi connectivity index (χ3n) is 4.89. The van der Waals surface area contributed by atoms with E-state index >= 15 is 0 Å². The molecule has 1 fully saturated rings. The Morgan fingerprint density at radius 2 is 1.77 bits per heavy atom. The summed E-state index contributed by atoms with van der Waals surface area (Å²) in [5.74, 6) is -1.39. The third kappa shape index (κ3) is 4.09. The van der Waals surface area contributed by atoms with Gasteiger partial charge in [-0.25, -0.2) is 12.7 Å². The molecule has 0 aliphatic carbocycles. The van der Waals surface area contributed by atoms with Gasteiger partial charge in [-0.15, -0.1) is 0 Å². The molecule has 7 heteroatoms. The number of hydrogen-bond donors (Lipinski definition) is 0. The maximum absolute atomic E-state index is 13.2. The number of ether oxygens (including phenoxy) is 1. The summed E-state index contributed by atoms with van der Waals surface area (Å²) in [7, 11) is -2.79. The van der Waals surface area contributed by atoms with Crippen molar-refractivity contribution in [2.24, 2.45) is 11.3 Å². The zero-order valence-electron chi connectivity index (χ0n) is 16.0. The van der Waals surface area contributed by atoms with Crippen LogP contribution in [0.3, 0.4) is 0 Å². The Morgan fingerprint density at radius 3 is 2.27 bits per heavy atom. The predicted octanol–water partition coefficient (Wildman–Crippen LogP) is 2.90. The summed E-state index contributed by atoms with van der Waals surface area (Å²) in [5.41, 5.74) is 0.557. The SMILES string of the molecule is COC(=O)CC1CCC(C(C)(C)C)C(=O)N1S(=O)(=O)c1ccc(C)cc1. The van der Waals surface area contributed by atoms with E-state index < -0.39 is 33.9 Å². The lowest BCUT2D eigenvalue weighted by atomic mass is 9.74. The summed E-state index contributed by atoms with van der Waals surface area (Å²) in [6, 6.07) is 5.65. The van der Waals surface area contributed by atoms with Gasteiger partial charge in [0.25, 0.3) is 10.0 Å². The molecule has 0 spiro atoms. The molecule has 1 aliphatic heterocycles. The number of amides is 1. The summed E-state index contributed by atoms with van der Waals surface area (Å²) in [4.78, 5) is 25.0. The van der Waals surface area contributed by atoms with E-state index in [9.17, 15) is 18.0 Å². The molecule has 2 unspecified atom stereocenters. The molecule has 1 aromatic rings. The number of hydrogen-bond acceptors (Lipinski definition) is 5. The average molecular weight is 381 g/mol. The lowest BCUT2D eigenvalue weighted by Gasteiger charge is -2.42. The van der Waals surface area contributed by atoms with Gasteiger partial charge < -0.3 is 4.74 Å². The second kappa shape index (κ2) is 7.39. The first kappa shape index (κ1) is 20.4. The topological polar surface area (TPSA) is 80.8 Å². The van der Waals surface area contributed by atoms with Gasteiger partial charge in [0.2, 0.25) is 5.91 Å². The Labute approximate surface area is 155 Å². The number of esters is 1. The minimum atomic E-state index is -4.05. The highest BCUT2D eigenvalue weighted by Crippen LogP contribution is 2.39. The van der Waals surface area contributed by atoms with E-state index in [1.807, 2.05) is 27.7 Å². The first-order valence-corrected chi connectivity index (χ1v) is 10.1. The van der Waals surface area contributed by atoms with Crippen molar-refractivity contribution in [3.05, 3.63) is 29.8 Å². The van der Waals surface area contributed by atoms with Gasteiger partial charge in [0, 0.05) is 5.92 Å². The van der Waals surface area contributed by atoms with Crippen LogP contribution in [0.5, 0.6) is 0 Å². The van der Waals surface area contributed by atoms with Crippen molar-refractivity contribution in [2.75, 3.05) is 7.11 Å². The number of piperidine rings is 1. The number of carbonyl (C=O) groups is 2. The maximum atomic E-state index is 13.2. The summed E-state index contributed by atoms with van der Waals surface area (Å²) in [5, 5.41) is 0. The molecular formula is C19H27NO5S. The molecule has 144 valence electrons. The van der Waals surface area contributed by atoms with E-state index in [2.05, 4.69) is 0 Å². The third-order valence-corrected chi connectivity index (χ3v) is 6.75. The molecule has 2 atom stereocenters. The van der Waals surface area contributed by atoms with Gasteiger partial charge >= 0.3 is 5.97 Å². The van der Waals surface area contributed by atoms with Gasteiger partial charge in [-0.2, -0.15) is 0 Å². The molecule has 0 aromatic heterocycles. The normalized spacial score (nSPS) is 21.6. The number of methoxy groups -OCH3 is 1. The minimum absolute atomic E-state index is 0.0564. The number of sulfonamides is 1. The zero-order valence-corrected chi connectivity index (χ0v) is 16.8. The molecule has 0 bridgehead atoms. The van der Waals surface area contributed by atoms with Crippen LogP contribution in [0.25, 0.3) is 0 Å². The van der Waals surface area contributed by atoms with E-state index in [1.54, 1.807) is 12.1 Å². The molecule has 1 heterocycles. The molecular weight excluding hydrogens is 354 g/mol. The van der Waals surface area contributed by atoms with Gasteiger partial charge in [-0.3, -0.25) is 9.59 Å². The van der Waals surface area contributed by atoms with E-state index in [4.69, 9.17) is 4.74 Å². The van der Waals surface area contributed by atoms with Crippen molar-refractivity contribution in [1.82, 2.24) is 4.31 Å². The van der Waals surface area contributed by atoms with Crippen LogP contribution in [-0.2, 0) is 24.3 Å². The molecule has 26 heavy (non-hydrogen) atoms. The van der Waals surface area contributed by atoms with E-state index in [0.717, 1.165) is 9.87 Å². The van der Waals surface area contributed by atoms with Gasteiger partial charge in [-0.05, 0) is 37.3 Å². The molecule has 6 nitrogen and oxygen atoms in total. The summed E-state index contributed by atoms with van der Waals surface area (Å²) < 4.78 is 32.0. The first-order valence-electron chi connectivity index (χ1n) is 8.70. The van der Waals surface area contributed by atoms with Crippen molar-refractivity contribution in [3.63, 3.8) is 0 Å². The first-order chi connectivity index (χ1) is 12.0. The molecule has 1 saturated heterocycles. The lowest BCUT2D eigenvalue weighted by Crippen LogP contribution is -2.54.